The Kier molecular flexibility index (Phi) is 6.52. The lowest BCUT2D eigenvalue weighted by Gasteiger charge is -2.33. The molecule has 0 bridgehead atoms. The van der Waals surface area contributed by atoms with Gasteiger partial charge in [0.05, 0.1) is 30.5 Å². The van der Waals surface area contributed by atoms with Crippen LogP contribution in [0, 0.1) is 5.92 Å². The molecule has 2 amide bonds. The van der Waals surface area contributed by atoms with Gasteiger partial charge >= 0.3 is 0 Å². The van der Waals surface area contributed by atoms with E-state index in [0.29, 0.717) is 38.4 Å². The van der Waals surface area contributed by atoms with Crippen LogP contribution in [0.4, 0.5) is 0 Å². The highest BCUT2D eigenvalue weighted by atomic mass is 16.2. The van der Waals surface area contributed by atoms with Gasteiger partial charge in [0, 0.05) is 25.4 Å². The first-order valence-electron chi connectivity index (χ1n) is 10.3. The summed E-state index contributed by atoms with van der Waals surface area (Å²) in [5.74, 6) is 0.451. The van der Waals surface area contributed by atoms with Crippen molar-refractivity contribution in [3.05, 3.63) is 17.5 Å². The highest BCUT2D eigenvalue weighted by Gasteiger charge is 2.31. The molecule has 27 heavy (non-hydrogen) atoms. The number of fused-ring (bicyclic) bond motifs is 1. The molecule has 0 aromatic carbocycles. The van der Waals surface area contributed by atoms with Crippen molar-refractivity contribution in [2.75, 3.05) is 6.54 Å². The van der Waals surface area contributed by atoms with Gasteiger partial charge in [-0.1, -0.05) is 19.3 Å². The molecule has 1 aromatic heterocycles. The number of rotatable bonds is 6. The lowest BCUT2D eigenvalue weighted by atomic mass is 9.83. The molecule has 1 aromatic rings. The SMILES string of the molecule is CC(C)NC(=O)CCc1cc2n(n1)CCN(C(=O)C(N)C1CCCCC1)C2. The summed E-state index contributed by atoms with van der Waals surface area (Å²) in [6.07, 6.45) is 6.83. The second-order valence-corrected chi connectivity index (χ2v) is 8.26. The van der Waals surface area contributed by atoms with E-state index in [4.69, 9.17) is 5.73 Å². The molecule has 1 fully saturated rings. The molecular weight excluding hydrogens is 342 g/mol. The summed E-state index contributed by atoms with van der Waals surface area (Å²) < 4.78 is 1.96. The summed E-state index contributed by atoms with van der Waals surface area (Å²) in [6.45, 7) is 5.82. The number of nitrogens with one attached hydrogen (secondary N) is 1. The lowest BCUT2D eigenvalue weighted by molar-refractivity contribution is -0.135. The molecule has 3 N–H and O–H groups in total. The number of hydrogen-bond acceptors (Lipinski definition) is 4. The topological polar surface area (TPSA) is 93.2 Å². The summed E-state index contributed by atoms with van der Waals surface area (Å²) in [4.78, 5) is 26.6. The number of nitrogens with zero attached hydrogens (tertiary/aromatic N) is 3. The Morgan fingerprint density at radius 3 is 2.70 bits per heavy atom. The van der Waals surface area contributed by atoms with Crippen LogP contribution < -0.4 is 11.1 Å². The van der Waals surface area contributed by atoms with Gasteiger partial charge in [0.2, 0.25) is 11.8 Å². The van der Waals surface area contributed by atoms with Crippen molar-refractivity contribution in [2.24, 2.45) is 11.7 Å². The number of aryl methyl sites for hydroxylation is 1. The first-order chi connectivity index (χ1) is 12.9. The number of carbonyl (C=O) groups is 2. The van der Waals surface area contributed by atoms with E-state index in [1.807, 2.05) is 29.5 Å². The second-order valence-electron chi connectivity index (χ2n) is 8.26. The average Bonchev–Trinajstić information content (AvgIpc) is 3.07. The molecule has 3 rings (SSSR count). The maximum atomic E-state index is 12.8. The largest absolute Gasteiger partial charge is 0.354 e. The van der Waals surface area contributed by atoms with Crippen molar-refractivity contribution in [3.8, 4) is 0 Å². The highest BCUT2D eigenvalue weighted by Crippen LogP contribution is 2.27. The van der Waals surface area contributed by atoms with Gasteiger partial charge in [-0.15, -0.1) is 0 Å². The Hall–Kier alpha value is -1.89. The molecule has 1 unspecified atom stereocenters. The minimum absolute atomic E-state index is 0.0474. The molecule has 7 heteroatoms. The molecule has 150 valence electrons. The fourth-order valence-corrected chi connectivity index (χ4v) is 4.18. The fourth-order valence-electron chi connectivity index (χ4n) is 4.18. The lowest BCUT2D eigenvalue weighted by Crippen LogP contribution is -2.50. The van der Waals surface area contributed by atoms with Gasteiger partial charge in [0.25, 0.3) is 0 Å². The molecular formula is C20H33N5O2. The van der Waals surface area contributed by atoms with Gasteiger partial charge in [-0.2, -0.15) is 5.10 Å². The maximum Gasteiger partial charge on any atom is 0.240 e. The molecule has 1 aliphatic heterocycles. The summed E-state index contributed by atoms with van der Waals surface area (Å²) >= 11 is 0. The van der Waals surface area contributed by atoms with E-state index in [-0.39, 0.29) is 23.9 Å². The first-order valence-corrected chi connectivity index (χ1v) is 10.3. The Morgan fingerprint density at radius 2 is 2.00 bits per heavy atom. The van der Waals surface area contributed by atoms with E-state index < -0.39 is 0 Å². The summed E-state index contributed by atoms with van der Waals surface area (Å²) in [5, 5.41) is 7.50. The van der Waals surface area contributed by atoms with Crippen LogP contribution in [0.15, 0.2) is 6.07 Å². The van der Waals surface area contributed by atoms with E-state index >= 15 is 0 Å². The zero-order valence-corrected chi connectivity index (χ0v) is 16.6. The second kappa shape index (κ2) is 8.87. The van der Waals surface area contributed by atoms with Crippen LogP contribution in [0.2, 0.25) is 0 Å². The third-order valence-corrected chi connectivity index (χ3v) is 5.66. The van der Waals surface area contributed by atoms with E-state index in [9.17, 15) is 9.59 Å². The number of carbonyl (C=O) groups excluding carboxylic acids is 2. The van der Waals surface area contributed by atoms with Crippen LogP contribution in [-0.2, 0) is 29.1 Å². The predicted octanol–water partition coefficient (Wildman–Crippen LogP) is 1.59. The summed E-state index contributed by atoms with van der Waals surface area (Å²) in [7, 11) is 0. The number of aromatic nitrogens is 2. The normalized spacial score (nSPS) is 19.0. The van der Waals surface area contributed by atoms with Crippen LogP contribution in [-0.4, -0.2) is 45.1 Å². The number of amides is 2. The van der Waals surface area contributed by atoms with Crippen molar-refractivity contribution in [1.82, 2.24) is 20.0 Å². The molecule has 0 spiro atoms. The van der Waals surface area contributed by atoms with E-state index in [0.717, 1.165) is 24.2 Å². The van der Waals surface area contributed by atoms with Gasteiger partial charge in [-0.25, -0.2) is 0 Å². The number of nitrogens with two attached hydrogens (primary N) is 1. The Balaban J connectivity index is 1.55. The standard InChI is InChI=1S/C20H33N5O2/c1-14(2)22-18(26)9-8-16-12-17-13-24(10-11-25(17)23-16)20(27)19(21)15-6-4-3-5-7-15/h12,14-15,19H,3-11,13,21H2,1-2H3,(H,22,26). The summed E-state index contributed by atoms with van der Waals surface area (Å²) in [5.41, 5.74) is 8.25. The Labute approximate surface area is 161 Å². The van der Waals surface area contributed by atoms with E-state index in [1.54, 1.807) is 0 Å². The summed E-state index contributed by atoms with van der Waals surface area (Å²) in [6, 6.07) is 1.80. The fraction of sp³-hybridized carbons (Fsp3) is 0.750. The molecule has 0 saturated heterocycles. The third-order valence-electron chi connectivity index (χ3n) is 5.66. The average molecular weight is 376 g/mol. The Bertz CT molecular complexity index is 663. The first kappa shape index (κ1) is 19.9. The van der Waals surface area contributed by atoms with Crippen LogP contribution in [0.3, 0.4) is 0 Å². The minimum Gasteiger partial charge on any atom is -0.354 e. The Morgan fingerprint density at radius 1 is 1.26 bits per heavy atom. The molecule has 2 heterocycles. The van der Waals surface area contributed by atoms with Gasteiger partial charge in [-0.05, 0) is 38.7 Å². The maximum absolute atomic E-state index is 12.8. The monoisotopic (exact) mass is 375 g/mol. The van der Waals surface area contributed by atoms with Crippen LogP contribution in [0.25, 0.3) is 0 Å². The van der Waals surface area contributed by atoms with Crippen LogP contribution in [0.1, 0.15) is 63.8 Å². The molecule has 2 aliphatic rings. The molecule has 1 atom stereocenters. The molecule has 7 nitrogen and oxygen atoms in total. The predicted molar refractivity (Wildman–Crippen MR) is 104 cm³/mol. The van der Waals surface area contributed by atoms with Gasteiger partial charge in [-0.3, -0.25) is 14.3 Å². The zero-order valence-electron chi connectivity index (χ0n) is 16.6. The van der Waals surface area contributed by atoms with Crippen molar-refractivity contribution < 1.29 is 9.59 Å². The number of hydrogen-bond donors (Lipinski definition) is 2. The van der Waals surface area contributed by atoms with Gasteiger partial charge < -0.3 is 16.0 Å². The molecule has 1 aliphatic carbocycles. The quantitative estimate of drug-likeness (QED) is 0.790. The minimum atomic E-state index is -0.376. The van der Waals surface area contributed by atoms with Crippen molar-refractivity contribution >= 4 is 11.8 Å². The van der Waals surface area contributed by atoms with Crippen molar-refractivity contribution in [3.63, 3.8) is 0 Å². The van der Waals surface area contributed by atoms with Crippen molar-refractivity contribution in [2.45, 2.75) is 84.0 Å². The van der Waals surface area contributed by atoms with Crippen LogP contribution in [0.5, 0.6) is 0 Å². The highest BCUT2D eigenvalue weighted by molar-refractivity contribution is 5.82. The van der Waals surface area contributed by atoms with Crippen LogP contribution >= 0.6 is 0 Å². The zero-order chi connectivity index (χ0) is 19.4. The van der Waals surface area contributed by atoms with Crippen molar-refractivity contribution in [1.29, 1.82) is 0 Å². The van der Waals surface area contributed by atoms with Gasteiger partial charge in [0.1, 0.15) is 0 Å². The third kappa shape index (κ3) is 5.09. The smallest absolute Gasteiger partial charge is 0.240 e. The van der Waals surface area contributed by atoms with Gasteiger partial charge in [0.15, 0.2) is 0 Å². The molecule has 0 radical (unpaired) electrons. The van der Waals surface area contributed by atoms with E-state index in [1.165, 1.54) is 19.3 Å². The van der Waals surface area contributed by atoms with E-state index in [2.05, 4.69) is 10.4 Å². The molecule has 1 saturated carbocycles.